The molecule has 0 aromatic heterocycles. The monoisotopic (exact) mass is 398 g/mol. The van der Waals surface area contributed by atoms with Gasteiger partial charge >= 0.3 is 0 Å². The van der Waals surface area contributed by atoms with Crippen molar-refractivity contribution in [3.05, 3.63) is 64.1 Å². The van der Waals surface area contributed by atoms with Crippen LogP contribution in [-0.2, 0) is 10.0 Å². The van der Waals surface area contributed by atoms with Crippen molar-refractivity contribution in [1.82, 2.24) is 9.21 Å². The molecule has 2 aromatic rings. The lowest BCUT2D eigenvalue weighted by molar-refractivity contribution is 0.0698. The van der Waals surface area contributed by atoms with E-state index in [9.17, 15) is 13.2 Å². The number of carbonyl (C=O) groups excluding carboxylic acids is 1. The minimum absolute atomic E-state index is 0.00972. The maximum atomic E-state index is 12.8. The molecule has 0 radical (unpaired) electrons. The van der Waals surface area contributed by atoms with Gasteiger partial charge in [0.2, 0.25) is 10.0 Å². The summed E-state index contributed by atoms with van der Waals surface area (Å²) in [6.45, 7) is 1.07. The third-order valence-corrected chi connectivity index (χ3v) is 6.95. The number of sulfonamides is 1. The molecule has 1 amide bonds. The normalized spacial score (nSPS) is 16.0. The fourth-order valence-corrected chi connectivity index (χ4v) is 4.88. The molecule has 5 nitrogen and oxygen atoms in total. The predicted octanol–water partition coefficient (Wildman–Crippen LogP) is 3.14. The third-order valence-electron chi connectivity index (χ3n) is 4.08. The van der Waals surface area contributed by atoms with Gasteiger partial charge in [0.25, 0.3) is 5.91 Å². The van der Waals surface area contributed by atoms with Crippen LogP contribution in [0.3, 0.4) is 0 Å². The topological polar surface area (TPSA) is 57.7 Å². The van der Waals surface area contributed by atoms with Crippen LogP contribution in [0.2, 0.25) is 10.0 Å². The summed E-state index contributed by atoms with van der Waals surface area (Å²) in [6, 6.07) is 13.5. The van der Waals surface area contributed by atoms with Gasteiger partial charge in [0, 0.05) is 31.7 Å². The average molecular weight is 399 g/mol. The Morgan fingerprint density at radius 1 is 0.880 bits per heavy atom. The van der Waals surface area contributed by atoms with Gasteiger partial charge in [-0.3, -0.25) is 4.79 Å². The van der Waals surface area contributed by atoms with Crippen molar-refractivity contribution in [3.63, 3.8) is 0 Å². The van der Waals surface area contributed by atoms with Crippen molar-refractivity contribution >= 4 is 39.1 Å². The molecule has 25 heavy (non-hydrogen) atoms. The van der Waals surface area contributed by atoms with Crippen molar-refractivity contribution < 1.29 is 13.2 Å². The van der Waals surface area contributed by atoms with Gasteiger partial charge in [-0.25, -0.2) is 8.42 Å². The zero-order valence-corrected chi connectivity index (χ0v) is 15.6. The Morgan fingerprint density at radius 3 is 2.16 bits per heavy atom. The Morgan fingerprint density at radius 2 is 1.52 bits per heavy atom. The van der Waals surface area contributed by atoms with Crippen molar-refractivity contribution in [2.24, 2.45) is 0 Å². The Kier molecular flexibility index (Phi) is 5.34. The van der Waals surface area contributed by atoms with E-state index >= 15 is 0 Å². The molecule has 0 atom stereocenters. The largest absolute Gasteiger partial charge is 0.336 e. The van der Waals surface area contributed by atoms with E-state index in [0.29, 0.717) is 18.7 Å². The first kappa shape index (κ1) is 18.2. The smallest absolute Gasteiger partial charge is 0.253 e. The van der Waals surface area contributed by atoms with E-state index in [1.807, 2.05) is 6.07 Å². The summed E-state index contributed by atoms with van der Waals surface area (Å²) < 4.78 is 26.9. The Hall–Kier alpha value is -1.60. The van der Waals surface area contributed by atoms with Crippen LogP contribution in [0.5, 0.6) is 0 Å². The molecule has 3 rings (SSSR count). The zero-order chi connectivity index (χ0) is 18.0. The first-order valence-corrected chi connectivity index (χ1v) is 9.89. The highest BCUT2D eigenvalue weighted by atomic mass is 35.5. The maximum absolute atomic E-state index is 12.8. The number of amides is 1. The Bertz CT molecular complexity index is 880. The molecule has 0 N–H and O–H groups in total. The molecule has 1 heterocycles. The van der Waals surface area contributed by atoms with Crippen molar-refractivity contribution in [3.8, 4) is 0 Å². The van der Waals surface area contributed by atoms with Crippen LogP contribution in [0.4, 0.5) is 0 Å². The van der Waals surface area contributed by atoms with Crippen molar-refractivity contribution in [2.75, 3.05) is 26.2 Å². The first-order valence-electron chi connectivity index (χ1n) is 7.70. The van der Waals surface area contributed by atoms with Crippen LogP contribution >= 0.6 is 23.2 Å². The van der Waals surface area contributed by atoms with Crippen LogP contribution in [0.15, 0.2) is 53.4 Å². The summed E-state index contributed by atoms with van der Waals surface area (Å²) in [7, 11) is -3.75. The van der Waals surface area contributed by atoms with Gasteiger partial charge in [-0.1, -0.05) is 47.5 Å². The number of hydrogen-bond donors (Lipinski definition) is 0. The molecule has 132 valence electrons. The lowest BCUT2D eigenvalue weighted by Crippen LogP contribution is -2.50. The summed E-state index contributed by atoms with van der Waals surface area (Å²) in [5.41, 5.74) is 0.594. The molecule has 0 aliphatic carbocycles. The summed E-state index contributed by atoms with van der Waals surface area (Å²) in [5.74, 6) is -0.0987. The fourth-order valence-electron chi connectivity index (χ4n) is 2.72. The molecular formula is C17H16Cl2N2O3S. The van der Waals surface area contributed by atoms with Gasteiger partial charge in [-0.05, 0) is 24.3 Å². The summed E-state index contributed by atoms with van der Waals surface area (Å²) >= 11 is 12.0. The number of carbonyl (C=O) groups is 1. The molecule has 2 aromatic carbocycles. The van der Waals surface area contributed by atoms with E-state index in [4.69, 9.17) is 23.2 Å². The van der Waals surface area contributed by atoms with Crippen molar-refractivity contribution in [2.45, 2.75) is 4.90 Å². The highest BCUT2D eigenvalue weighted by molar-refractivity contribution is 7.89. The standard InChI is InChI=1S/C17H16Cl2N2O3S/c18-14-7-4-8-15(16(14)19)25(23,24)21-11-9-20(10-12-21)17(22)13-5-2-1-3-6-13/h1-8H,9-12H2. The van der Waals surface area contributed by atoms with Gasteiger partial charge in [-0.15, -0.1) is 0 Å². The van der Waals surface area contributed by atoms with E-state index in [0.717, 1.165) is 0 Å². The van der Waals surface area contributed by atoms with Crippen LogP contribution < -0.4 is 0 Å². The number of piperazine rings is 1. The third kappa shape index (κ3) is 3.67. The molecule has 0 unspecified atom stereocenters. The van der Waals surface area contributed by atoms with E-state index in [1.165, 1.54) is 10.4 Å². The quantitative estimate of drug-likeness (QED) is 0.797. The molecule has 0 bridgehead atoms. The van der Waals surface area contributed by atoms with Gasteiger partial charge in [0.1, 0.15) is 4.90 Å². The second kappa shape index (κ2) is 7.33. The Balaban J connectivity index is 1.74. The van der Waals surface area contributed by atoms with Crippen LogP contribution in [-0.4, -0.2) is 49.7 Å². The lowest BCUT2D eigenvalue weighted by Gasteiger charge is -2.34. The van der Waals surface area contributed by atoms with Gasteiger partial charge in [-0.2, -0.15) is 4.31 Å². The van der Waals surface area contributed by atoms with E-state index in [-0.39, 0.29) is 33.9 Å². The lowest BCUT2D eigenvalue weighted by atomic mass is 10.2. The van der Waals surface area contributed by atoms with Crippen LogP contribution in [0, 0.1) is 0 Å². The van der Waals surface area contributed by atoms with E-state index in [2.05, 4.69) is 0 Å². The van der Waals surface area contributed by atoms with Crippen molar-refractivity contribution in [1.29, 1.82) is 0 Å². The second-order valence-corrected chi connectivity index (χ2v) is 8.31. The molecule has 1 aliphatic rings. The minimum atomic E-state index is -3.75. The van der Waals surface area contributed by atoms with Crippen LogP contribution in [0.1, 0.15) is 10.4 Å². The highest BCUT2D eigenvalue weighted by Gasteiger charge is 2.32. The molecule has 1 fully saturated rings. The fraction of sp³-hybridized carbons (Fsp3) is 0.235. The summed E-state index contributed by atoms with van der Waals surface area (Å²) in [6.07, 6.45) is 0. The number of nitrogens with zero attached hydrogens (tertiary/aromatic N) is 2. The molecule has 1 saturated heterocycles. The number of benzene rings is 2. The molecule has 8 heteroatoms. The van der Waals surface area contributed by atoms with Gasteiger partial charge < -0.3 is 4.90 Å². The SMILES string of the molecule is O=C(c1ccccc1)N1CCN(S(=O)(=O)c2cccc(Cl)c2Cl)CC1. The molecule has 1 aliphatic heterocycles. The zero-order valence-electron chi connectivity index (χ0n) is 13.2. The highest BCUT2D eigenvalue weighted by Crippen LogP contribution is 2.31. The van der Waals surface area contributed by atoms with Crippen LogP contribution in [0.25, 0.3) is 0 Å². The number of rotatable bonds is 3. The molecule has 0 saturated carbocycles. The average Bonchev–Trinajstić information content (AvgIpc) is 2.64. The number of halogens is 2. The maximum Gasteiger partial charge on any atom is 0.253 e. The number of hydrogen-bond acceptors (Lipinski definition) is 3. The minimum Gasteiger partial charge on any atom is -0.336 e. The predicted molar refractivity (Wildman–Crippen MR) is 97.6 cm³/mol. The first-order chi connectivity index (χ1) is 11.9. The van der Waals surface area contributed by atoms with Gasteiger partial charge in [0.05, 0.1) is 10.0 Å². The summed E-state index contributed by atoms with van der Waals surface area (Å²) in [5, 5.41) is 0.215. The second-order valence-electron chi connectivity index (χ2n) is 5.61. The molecular weight excluding hydrogens is 383 g/mol. The summed E-state index contributed by atoms with van der Waals surface area (Å²) in [4.78, 5) is 14.1. The van der Waals surface area contributed by atoms with E-state index < -0.39 is 10.0 Å². The molecule has 0 spiro atoms. The van der Waals surface area contributed by atoms with Gasteiger partial charge in [0.15, 0.2) is 0 Å². The van der Waals surface area contributed by atoms with E-state index in [1.54, 1.807) is 41.3 Å². The Labute approximate surface area is 156 Å².